The predicted molar refractivity (Wildman–Crippen MR) is 233 cm³/mol. The third-order valence-electron chi connectivity index (χ3n) is 11.6. The van der Waals surface area contributed by atoms with Crippen molar-refractivity contribution in [1.29, 1.82) is 0 Å². The molecule has 318 valence electrons. The highest BCUT2D eigenvalue weighted by atomic mass is 32.2. The van der Waals surface area contributed by atoms with Gasteiger partial charge in [-0.15, -0.1) is 18.3 Å². The highest BCUT2D eigenvalue weighted by Gasteiger charge is 2.65. The zero-order chi connectivity index (χ0) is 42.0. The average Bonchev–Trinajstić information content (AvgIpc) is 3.23. The Balaban J connectivity index is 1.54. The molecule has 1 heterocycles. The average molecular weight is 827 g/mol. The minimum absolute atomic E-state index is 0.0860. The van der Waals surface area contributed by atoms with Crippen molar-refractivity contribution in [2.75, 3.05) is 39.7 Å². The van der Waals surface area contributed by atoms with E-state index in [1.807, 2.05) is 93.8 Å². The topological polar surface area (TPSA) is 119 Å². The summed E-state index contributed by atoms with van der Waals surface area (Å²) < 4.78 is 26.7. The normalized spacial score (nSPS) is 23.9. The highest BCUT2D eigenvalue weighted by Crippen LogP contribution is 2.62. The van der Waals surface area contributed by atoms with Crippen LogP contribution in [0.25, 0.3) is 0 Å². The third kappa shape index (κ3) is 10.5. The highest BCUT2D eigenvalue weighted by molar-refractivity contribution is 7.98. The van der Waals surface area contributed by atoms with Gasteiger partial charge in [-0.25, -0.2) is 4.79 Å². The Morgan fingerprint density at radius 1 is 1.00 bits per heavy atom. The zero-order valence-corrected chi connectivity index (χ0v) is 36.1. The molecule has 0 bridgehead atoms. The molecule has 59 heavy (non-hydrogen) atoms. The van der Waals surface area contributed by atoms with Crippen molar-refractivity contribution in [2.24, 2.45) is 28.3 Å². The minimum Gasteiger partial charge on any atom is -0.459 e. The van der Waals surface area contributed by atoms with Gasteiger partial charge in [0.2, 0.25) is 5.79 Å². The van der Waals surface area contributed by atoms with Crippen LogP contribution in [-0.4, -0.2) is 78.5 Å². The lowest BCUT2D eigenvalue weighted by Gasteiger charge is -2.59. The Morgan fingerprint density at radius 3 is 2.39 bits per heavy atom. The second kappa shape index (κ2) is 20.3. The molecule has 1 fully saturated rings. The van der Waals surface area contributed by atoms with Crippen molar-refractivity contribution in [3.8, 4) is 17.2 Å². The first-order chi connectivity index (χ1) is 28.5. The van der Waals surface area contributed by atoms with Gasteiger partial charge >= 0.3 is 6.09 Å². The van der Waals surface area contributed by atoms with Gasteiger partial charge < -0.3 is 38.9 Å². The molecule has 2 N–H and O–H groups in total. The van der Waals surface area contributed by atoms with Crippen LogP contribution in [0.4, 0.5) is 4.79 Å². The van der Waals surface area contributed by atoms with E-state index in [1.54, 1.807) is 29.8 Å². The molecule has 1 aliphatic heterocycles. The summed E-state index contributed by atoms with van der Waals surface area (Å²) in [6.45, 7) is 11.0. The number of oxime groups is 1. The zero-order valence-electron chi connectivity index (χ0n) is 35.3. The molecule has 2 aliphatic carbocycles. The van der Waals surface area contributed by atoms with Crippen molar-refractivity contribution in [3.63, 3.8) is 0 Å². The number of rotatable bonds is 19. The number of allylic oxidation sites excluding steroid dienone is 1. The number of aliphatic hydroxyl groups is 2. The van der Waals surface area contributed by atoms with Crippen LogP contribution in [0.2, 0.25) is 0 Å². The molecule has 0 radical (unpaired) electrons. The first-order valence-electron chi connectivity index (χ1n) is 21.0. The number of hydrogen-bond acceptors (Lipinski definition) is 10. The SMILES string of the molecule is C=CCO[C@@]12Oc3ccc(Oc4ccc(SC)cc4)cc3[C@H]3[C@H](CCCCO)[C@@H](CCCCO)C=C(C(=NOCc4ccccc4)C[C@@H]1N(C)C(=O)OCC(C)(C)C)[C@H]32. The van der Waals surface area contributed by atoms with E-state index >= 15 is 0 Å². The lowest BCUT2D eigenvalue weighted by molar-refractivity contribution is -0.253. The van der Waals surface area contributed by atoms with Crippen LogP contribution < -0.4 is 9.47 Å². The fourth-order valence-electron chi connectivity index (χ4n) is 8.84. The Labute approximate surface area is 354 Å². The van der Waals surface area contributed by atoms with E-state index in [1.165, 1.54) is 0 Å². The van der Waals surface area contributed by atoms with E-state index < -0.39 is 23.8 Å². The Kier molecular flexibility index (Phi) is 15.2. The standard InChI is InChI=1S/C48H62N2O8S/c1-7-27-55-48-43(50(5)46(53)54-32-47(2,3)4)30-41(49-56-31-33-15-9-8-10-16-33)39-28-34(17-11-13-25-51)38(18-12-14-26-52)44(45(39)48)40-29-36(21-24-42(40)58-48)57-35-19-22-37(59-6)23-20-35/h7-10,15-16,19-24,28-29,34,38,43-45,51-52H,1,11-14,17-18,25-27,30-32H2,2-6H3/t34-,38+,43-,44+,45+,48+/m0/s1. The van der Waals surface area contributed by atoms with E-state index in [-0.39, 0.29) is 62.6 Å². The molecule has 1 amide bonds. The third-order valence-corrected chi connectivity index (χ3v) is 12.3. The first kappa shape index (κ1) is 44.3. The van der Waals surface area contributed by atoms with Gasteiger partial charge in [0.1, 0.15) is 29.9 Å². The second-order valence-corrected chi connectivity index (χ2v) is 17.9. The molecule has 0 saturated heterocycles. The van der Waals surface area contributed by atoms with Crippen LogP contribution in [0.5, 0.6) is 17.2 Å². The van der Waals surface area contributed by atoms with Gasteiger partial charge in [-0.1, -0.05) is 81.3 Å². The fourth-order valence-corrected chi connectivity index (χ4v) is 9.25. The molecule has 6 rings (SSSR count). The van der Waals surface area contributed by atoms with Gasteiger partial charge in [0, 0.05) is 43.1 Å². The maximum atomic E-state index is 14.1. The van der Waals surface area contributed by atoms with E-state index in [0.717, 1.165) is 58.7 Å². The molecular formula is C48H62N2O8S. The summed E-state index contributed by atoms with van der Waals surface area (Å²) in [4.78, 5) is 23.0. The second-order valence-electron chi connectivity index (χ2n) is 17.0. The fraction of sp³-hybridized carbons (Fsp3) is 0.500. The number of aliphatic hydroxyl groups excluding tert-OH is 2. The molecule has 3 aromatic rings. The number of ether oxygens (including phenoxy) is 4. The van der Waals surface area contributed by atoms with Crippen LogP contribution in [0.3, 0.4) is 0 Å². The van der Waals surface area contributed by atoms with Gasteiger partial charge in [0.15, 0.2) is 0 Å². The molecule has 1 saturated carbocycles. The molecule has 6 atom stereocenters. The lowest BCUT2D eigenvalue weighted by atomic mass is 9.55. The predicted octanol–water partition coefficient (Wildman–Crippen LogP) is 10.1. The number of benzene rings is 3. The van der Waals surface area contributed by atoms with Gasteiger partial charge in [0.25, 0.3) is 0 Å². The van der Waals surface area contributed by atoms with Crippen molar-refractivity contribution < 1.29 is 38.8 Å². The van der Waals surface area contributed by atoms with Crippen molar-refractivity contribution in [2.45, 2.75) is 95.0 Å². The summed E-state index contributed by atoms with van der Waals surface area (Å²) in [6.07, 6.45) is 10.6. The van der Waals surface area contributed by atoms with Gasteiger partial charge in [0.05, 0.1) is 24.8 Å². The summed E-state index contributed by atoms with van der Waals surface area (Å²) in [7, 11) is 1.75. The molecule has 3 aliphatic rings. The molecule has 0 aromatic heterocycles. The number of likely N-dealkylation sites (N-methyl/N-ethyl adjacent to an activating group) is 1. The number of fused-ring (bicyclic) bond motifs is 2. The molecular weight excluding hydrogens is 765 g/mol. The first-order valence-corrected chi connectivity index (χ1v) is 22.2. The van der Waals surface area contributed by atoms with E-state index in [0.29, 0.717) is 24.3 Å². The summed E-state index contributed by atoms with van der Waals surface area (Å²) in [5.74, 6) is 0.279. The molecule has 3 aromatic carbocycles. The van der Waals surface area contributed by atoms with Crippen molar-refractivity contribution in [1.82, 2.24) is 4.90 Å². The monoisotopic (exact) mass is 826 g/mol. The van der Waals surface area contributed by atoms with E-state index in [9.17, 15) is 15.0 Å². The smallest absolute Gasteiger partial charge is 0.410 e. The molecule has 0 unspecified atom stereocenters. The van der Waals surface area contributed by atoms with Crippen LogP contribution >= 0.6 is 11.8 Å². The van der Waals surface area contributed by atoms with E-state index in [4.69, 9.17) is 28.9 Å². The molecule has 0 spiro atoms. The van der Waals surface area contributed by atoms with Crippen LogP contribution in [0, 0.1) is 23.2 Å². The number of carbonyl (C=O) groups excluding carboxylic acids is 1. The van der Waals surface area contributed by atoms with Crippen LogP contribution in [0.15, 0.2) is 107 Å². The maximum Gasteiger partial charge on any atom is 0.410 e. The van der Waals surface area contributed by atoms with Gasteiger partial charge in [-0.05, 0) is 103 Å². The maximum absolute atomic E-state index is 14.1. The summed E-state index contributed by atoms with van der Waals surface area (Å²) in [6, 6.07) is 23.3. The number of amides is 1. The van der Waals surface area contributed by atoms with Gasteiger partial charge in [-0.3, -0.25) is 0 Å². The summed E-state index contributed by atoms with van der Waals surface area (Å²) in [5, 5.41) is 24.7. The summed E-state index contributed by atoms with van der Waals surface area (Å²) in [5.41, 5.74) is 3.43. The number of nitrogens with zero attached hydrogens (tertiary/aromatic N) is 2. The van der Waals surface area contributed by atoms with Crippen LogP contribution in [-0.2, 0) is 20.9 Å². The quantitative estimate of drug-likeness (QED) is 0.0527. The molecule has 11 heteroatoms. The summed E-state index contributed by atoms with van der Waals surface area (Å²) >= 11 is 1.68. The number of thioether (sulfide) groups is 1. The van der Waals surface area contributed by atoms with Gasteiger partial charge in [-0.2, -0.15) is 0 Å². The molecule has 10 nitrogen and oxygen atoms in total. The van der Waals surface area contributed by atoms with E-state index in [2.05, 4.69) is 18.7 Å². The van der Waals surface area contributed by atoms with Crippen molar-refractivity contribution in [3.05, 3.63) is 108 Å². The minimum atomic E-state index is -1.37. The Bertz CT molecular complexity index is 1910. The number of unbranched alkanes of at least 4 members (excludes halogenated alkanes) is 2. The van der Waals surface area contributed by atoms with Crippen LogP contribution in [0.1, 0.15) is 82.8 Å². The van der Waals surface area contributed by atoms with Crippen molar-refractivity contribution >= 4 is 23.6 Å². The largest absolute Gasteiger partial charge is 0.459 e. The Hall–Kier alpha value is -4.29. The number of hydrogen-bond donors (Lipinski definition) is 2. The Morgan fingerprint density at radius 2 is 1.71 bits per heavy atom. The number of carbonyl (C=O) groups is 1. The lowest BCUT2D eigenvalue weighted by Crippen LogP contribution is -2.69.